The Morgan fingerprint density at radius 2 is 1.89 bits per heavy atom. The summed E-state index contributed by atoms with van der Waals surface area (Å²) >= 11 is 0. The number of cyclic esters (lactones) is 1. The van der Waals surface area contributed by atoms with E-state index in [-0.39, 0.29) is 6.42 Å². The molecule has 0 radical (unpaired) electrons. The molecule has 3 atom stereocenters. The monoisotopic (exact) mass is 382 g/mol. The number of carbonyl (C=O) groups excluding carboxylic acids is 2. The number of hydrogen-bond donors (Lipinski definition) is 1. The smallest absolute Gasteiger partial charge is 0.343 e. The van der Waals surface area contributed by atoms with Crippen LogP contribution in [-0.2, 0) is 9.53 Å². The summed E-state index contributed by atoms with van der Waals surface area (Å²) in [7, 11) is 0. The van der Waals surface area contributed by atoms with Gasteiger partial charge in [0.05, 0.1) is 23.5 Å². The molecule has 2 aromatic rings. The van der Waals surface area contributed by atoms with Gasteiger partial charge in [0.2, 0.25) is 0 Å². The molecule has 5 nitrogen and oxygen atoms in total. The molecular formula is C23H26O5. The zero-order chi connectivity index (χ0) is 20.5. The maximum absolute atomic E-state index is 12.6. The summed E-state index contributed by atoms with van der Waals surface area (Å²) in [4.78, 5) is 24.4. The molecule has 0 spiro atoms. The zero-order valence-electron chi connectivity index (χ0n) is 16.7. The Kier molecular flexibility index (Phi) is 5.57. The van der Waals surface area contributed by atoms with Gasteiger partial charge in [0.1, 0.15) is 11.9 Å². The second kappa shape index (κ2) is 7.76. The molecule has 1 aliphatic rings. The minimum Gasteiger partial charge on any atom is -0.462 e. The van der Waals surface area contributed by atoms with E-state index in [2.05, 4.69) is 0 Å². The van der Waals surface area contributed by atoms with Crippen LogP contribution in [0.25, 0.3) is 0 Å². The number of benzene rings is 2. The fraction of sp³-hybridized carbons (Fsp3) is 0.391. The van der Waals surface area contributed by atoms with Crippen LogP contribution in [0.4, 0.5) is 0 Å². The number of ether oxygens (including phenoxy) is 2. The predicted octanol–water partition coefficient (Wildman–Crippen LogP) is 4.08. The highest BCUT2D eigenvalue weighted by atomic mass is 16.5. The van der Waals surface area contributed by atoms with Crippen molar-refractivity contribution in [3.05, 3.63) is 64.7 Å². The highest BCUT2D eigenvalue weighted by Gasteiger charge is 2.47. The molecule has 0 aromatic heterocycles. The maximum atomic E-state index is 12.6. The van der Waals surface area contributed by atoms with Gasteiger partial charge in [0, 0.05) is 0 Å². The first-order valence-electron chi connectivity index (χ1n) is 9.53. The van der Waals surface area contributed by atoms with E-state index >= 15 is 0 Å². The van der Waals surface area contributed by atoms with Crippen LogP contribution >= 0.6 is 0 Å². The molecular weight excluding hydrogens is 356 g/mol. The number of rotatable bonds is 4. The van der Waals surface area contributed by atoms with Gasteiger partial charge < -0.3 is 14.6 Å². The molecule has 3 unspecified atom stereocenters. The number of hydrogen-bond acceptors (Lipinski definition) is 5. The van der Waals surface area contributed by atoms with Crippen LogP contribution in [0.15, 0.2) is 42.5 Å². The van der Waals surface area contributed by atoms with E-state index in [1.165, 1.54) is 0 Å². The van der Waals surface area contributed by atoms with E-state index in [9.17, 15) is 14.7 Å². The summed E-state index contributed by atoms with van der Waals surface area (Å²) < 4.78 is 11.2. The Morgan fingerprint density at radius 1 is 1.21 bits per heavy atom. The Labute approximate surface area is 165 Å². The molecule has 1 heterocycles. The Morgan fingerprint density at radius 3 is 2.54 bits per heavy atom. The fourth-order valence-corrected chi connectivity index (χ4v) is 4.00. The van der Waals surface area contributed by atoms with Gasteiger partial charge in [0.15, 0.2) is 0 Å². The van der Waals surface area contributed by atoms with Crippen LogP contribution in [0.5, 0.6) is 5.75 Å². The van der Waals surface area contributed by atoms with Gasteiger partial charge in [-0.25, -0.2) is 4.79 Å². The first-order chi connectivity index (χ1) is 13.2. The summed E-state index contributed by atoms with van der Waals surface area (Å²) in [6, 6.07) is 12.6. The molecule has 0 aliphatic carbocycles. The lowest BCUT2D eigenvalue weighted by molar-refractivity contribution is -0.173. The second-order valence-electron chi connectivity index (χ2n) is 7.63. The molecule has 3 rings (SSSR count). The van der Waals surface area contributed by atoms with Crippen molar-refractivity contribution in [2.75, 3.05) is 0 Å². The predicted molar refractivity (Wildman–Crippen MR) is 105 cm³/mol. The van der Waals surface area contributed by atoms with Crippen molar-refractivity contribution in [1.82, 2.24) is 0 Å². The normalized spacial score (nSPS) is 24.5. The minimum absolute atomic E-state index is 0.0688. The van der Waals surface area contributed by atoms with Crippen molar-refractivity contribution >= 4 is 11.9 Å². The number of aryl methyl sites for hydroxylation is 1. The van der Waals surface area contributed by atoms with Gasteiger partial charge in [-0.1, -0.05) is 37.3 Å². The van der Waals surface area contributed by atoms with Crippen molar-refractivity contribution in [3.8, 4) is 5.75 Å². The van der Waals surface area contributed by atoms with E-state index in [0.717, 1.165) is 16.7 Å². The third-order valence-corrected chi connectivity index (χ3v) is 5.41. The van der Waals surface area contributed by atoms with Crippen molar-refractivity contribution in [2.45, 2.75) is 58.2 Å². The molecule has 28 heavy (non-hydrogen) atoms. The van der Waals surface area contributed by atoms with E-state index in [4.69, 9.17) is 9.47 Å². The molecule has 0 saturated carbocycles. The highest BCUT2D eigenvalue weighted by Crippen LogP contribution is 2.44. The molecule has 0 bridgehead atoms. The summed E-state index contributed by atoms with van der Waals surface area (Å²) in [6.07, 6.45) is 0.0786. The lowest BCUT2D eigenvalue weighted by atomic mass is 9.73. The topological polar surface area (TPSA) is 72.8 Å². The average Bonchev–Trinajstić information content (AvgIpc) is 2.65. The average molecular weight is 382 g/mol. The van der Waals surface area contributed by atoms with E-state index in [1.54, 1.807) is 31.2 Å². The second-order valence-corrected chi connectivity index (χ2v) is 7.63. The van der Waals surface area contributed by atoms with Crippen LogP contribution in [0.1, 0.15) is 59.7 Å². The Balaban J connectivity index is 2.00. The molecule has 0 amide bonds. The maximum Gasteiger partial charge on any atom is 0.343 e. The molecule has 1 N–H and O–H groups in total. The first kappa shape index (κ1) is 20.1. The van der Waals surface area contributed by atoms with Gasteiger partial charge in [-0.05, 0) is 56.0 Å². The molecule has 1 aliphatic heterocycles. The largest absolute Gasteiger partial charge is 0.462 e. The number of esters is 2. The third-order valence-electron chi connectivity index (χ3n) is 5.41. The van der Waals surface area contributed by atoms with Crippen LogP contribution in [0.3, 0.4) is 0 Å². The molecule has 148 valence electrons. The molecule has 2 aromatic carbocycles. The SMILES string of the molecule is CCC1OC(=O)CC(C)(O)C1c1ccc(C)c(OC(=O)c2ccccc2)c1C. The highest BCUT2D eigenvalue weighted by molar-refractivity contribution is 5.91. The van der Waals surface area contributed by atoms with Gasteiger partial charge in [-0.2, -0.15) is 0 Å². The van der Waals surface area contributed by atoms with Crippen molar-refractivity contribution < 1.29 is 24.2 Å². The molecule has 5 heteroatoms. The quantitative estimate of drug-likeness (QED) is 0.637. The summed E-state index contributed by atoms with van der Waals surface area (Å²) in [5, 5.41) is 11.0. The standard InChI is InChI=1S/C23H26O5/c1-5-18-20(23(4,26)13-19(24)27-18)17-12-11-14(2)21(15(17)3)28-22(25)16-9-7-6-8-10-16/h6-12,18,20,26H,5,13H2,1-4H3. The molecule has 1 saturated heterocycles. The third kappa shape index (κ3) is 3.80. The van der Waals surface area contributed by atoms with Crippen molar-refractivity contribution in [1.29, 1.82) is 0 Å². The molecule has 1 fully saturated rings. The summed E-state index contributed by atoms with van der Waals surface area (Å²) in [5.74, 6) is -0.745. The van der Waals surface area contributed by atoms with E-state index in [0.29, 0.717) is 17.7 Å². The van der Waals surface area contributed by atoms with Crippen LogP contribution < -0.4 is 4.74 Å². The minimum atomic E-state index is -1.24. The van der Waals surface area contributed by atoms with Crippen molar-refractivity contribution in [2.24, 2.45) is 0 Å². The van der Waals surface area contributed by atoms with Gasteiger partial charge >= 0.3 is 11.9 Å². The summed E-state index contributed by atoms with van der Waals surface area (Å²) in [6.45, 7) is 7.33. The van der Waals surface area contributed by atoms with Crippen LogP contribution in [-0.4, -0.2) is 28.8 Å². The van der Waals surface area contributed by atoms with Crippen LogP contribution in [0, 0.1) is 13.8 Å². The van der Waals surface area contributed by atoms with Gasteiger partial charge in [0.25, 0.3) is 0 Å². The fourth-order valence-electron chi connectivity index (χ4n) is 4.00. The van der Waals surface area contributed by atoms with E-state index in [1.807, 2.05) is 39.0 Å². The number of carbonyl (C=O) groups is 2. The Bertz CT molecular complexity index is 885. The van der Waals surface area contributed by atoms with E-state index < -0.39 is 29.6 Å². The Hall–Kier alpha value is -2.66. The first-order valence-corrected chi connectivity index (χ1v) is 9.53. The summed E-state index contributed by atoms with van der Waals surface area (Å²) in [5.41, 5.74) is 1.65. The van der Waals surface area contributed by atoms with Gasteiger partial charge in [-0.3, -0.25) is 4.79 Å². The zero-order valence-corrected chi connectivity index (χ0v) is 16.7. The lowest BCUT2D eigenvalue weighted by Crippen LogP contribution is -2.48. The van der Waals surface area contributed by atoms with Gasteiger partial charge in [-0.15, -0.1) is 0 Å². The lowest BCUT2D eigenvalue weighted by Gasteiger charge is -2.42. The van der Waals surface area contributed by atoms with Crippen molar-refractivity contribution in [3.63, 3.8) is 0 Å². The number of aliphatic hydroxyl groups is 1. The van der Waals surface area contributed by atoms with Crippen LogP contribution in [0.2, 0.25) is 0 Å².